The van der Waals surface area contributed by atoms with Crippen molar-refractivity contribution in [1.29, 1.82) is 0 Å². The highest BCUT2D eigenvalue weighted by molar-refractivity contribution is 7.99. The van der Waals surface area contributed by atoms with Crippen LogP contribution in [0.3, 0.4) is 0 Å². The molecule has 1 rings (SSSR count). The molecule has 0 radical (unpaired) electrons. The van der Waals surface area contributed by atoms with Gasteiger partial charge in [-0.3, -0.25) is 4.79 Å². The maximum absolute atomic E-state index is 12.2. The number of nitrogens with zero attached hydrogens (tertiary/aromatic N) is 1. The molecule has 1 aliphatic heterocycles. The Labute approximate surface area is 125 Å². The molecule has 5 heteroatoms. The number of rotatable bonds is 4. The largest absolute Gasteiger partial charge is 0.458 e. The summed E-state index contributed by atoms with van der Waals surface area (Å²) < 4.78 is 5.40. The Hall–Kier alpha value is -1.15. The molecule has 0 aliphatic carbocycles. The Morgan fingerprint density at radius 2 is 2.15 bits per heavy atom. The van der Waals surface area contributed by atoms with Gasteiger partial charge in [-0.05, 0) is 27.2 Å². The molecule has 0 spiro atoms. The van der Waals surface area contributed by atoms with Crippen molar-refractivity contribution in [2.45, 2.75) is 51.7 Å². The molecule has 0 aromatic heterocycles. The number of hydrogen-bond acceptors (Lipinski definition) is 4. The van der Waals surface area contributed by atoms with E-state index in [1.807, 2.05) is 20.8 Å². The third-order valence-corrected chi connectivity index (χ3v) is 3.86. The van der Waals surface area contributed by atoms with Crippen LogP contribution in [-0.2, 0) is 14.3 Å². The van der Waals surface area contributed by atoms with Gasteiger partial charge in [-0.15, -0.1) is 12.3 Å². The second kappa shape index (κ2) is 7.58. The van der Waals surface area contributed by atoms with E-state index in [4.69, 9.17) is 11.2 Å². The highest BCUT2D eigenvalue weighted by Crippen LogP contribution is 2.21. The summed E-state index contributed by atoms with van der Waals surface area (Å²) in [6, 6.07) is -0.466. The molecule has 1 amide bonds. The van der Waals surface area contributed by atoms with E-state index >= 15 is 0 Å². The molecule has 1 aliphatic rings. The maximum atomic E-state index is 12.2. The first-order valence-electron chi connectivity index (χ1n) is 6.88. The van der Waals surface area contributed by atoms with E-state index in [0.29, 0.717) is 31.6 Å². The van der Waals surface area contributed by atoms with E-state index in [1.165, 1.54) is 0 Å². The third-order valence-electron chi connectivity index (χ3n) is 2.84. The van der Waals surface area contributed by atoms with Gasteiger partial charge in [0.15, 0.2) is 0 Å². The fourth-order valence-corrected chi connectivity index (χ4v) is 2.98. The zero-order valence-corrected chi connectivity index (χ0v) is 13.3. The predicted molar refractivity (Wildman–Crippen MR) is 81.4 cm³/mol. The molecule has 4 nitrogen and oxygen atoms in total. The van der Waals surface area contributed by atoms with Crippen molar-refractivity contribution >= 4 is 23.6 Å². The first kappa shape index (κ1) is 16.9. The fourth-order valence-electron chi connectivity index (χ4n) is 1.95. The Kier molecular flexibility index (Phi) is 6.41. The lowest BCUT2D eigenvalue weighted by Gasteiger charge is -2.35. The van der Waals surface area contributed by atoms with Crippen LogP contribution in [0.5, 0.6) is 0 Å². The molecule has 0 saturated carbocycles. The molecule has 0 bridgehead atoms. The summed E-state index contributed by atoms with van der Waals surface area (Å²) in [5.41, 5.74) is -0.530. The molecule has 0 N–H and O–H groups in total. The number of thioether (sulfide) groups is 1. The van der Waals surface area contributed by atoms with Crippen LogP contribution in [0.25, 0.3) is 0 Å². The Bertz CT molecular complexity index is 395. The van der Waals surface area contributed by atoms with Crippen LogP contribution in [0.15, 0.2) is 0 Å². The lowest BCUT2D eigenvalue weighted by atomic mass is 10.1. The van der Waals surface area contributed by atoms with Crippen LogP contribution in [0.2, 0.25) is 0 Å². The minimum Gasteiger partial charge on any atom is -0.458 e. The SMILES string of the molecule is C#CCCCC(=O)N1CCSC[C@H]1C(=O)OC(C)(C)C. The first-order valence-corrected chi connectivity index (χ1v) is 8.04. The summed E-state index contributed by atoms with van der Waals surface area (Å²) in [6.45, 7) is 6.10. The molecular weight excluding hydrogens is 274 g/mol. The molecule has 20 heavy (non-hydrogen) atoms. The quantitative estimate of drug-likeness (QED) is 0.453. The molecule has 112 valence electrons. The number of hydrogen-bond donors (Lipinski definition) is 0. The van der Waals surface area contributed by atoms with Crippen molar-refractivity contribution in [3.05, 3.63) is 0 Å². The summed E-state index contributed by atoms with van der Waals surface area (Å²) in [5, 5.41) is 0. The second-order valence-electron chi connectivity index (χ2n) is 5.77. The molecule has 0 aromatic rings. The number of carbonyl (C=O) groups excluding carboxylic acids is 2. The van der Waals surface area contributed by atoms with E-state index in [2.05, 4.69) is 5.92 Å². The summed E-state index contributed by atoms with van der Waals surface area (Å²) in [5.74, 6) is 3.68. The van der Waals surface area contributed by atoms with Crippen LogP contribution in [-0.4, -0.2) is 46.5 Å². The van der Waals surface area contributed by atoms with Gasteiger partial charge < -0.3 is 9.64 Å². The van der Waals surface area contributed by atoms with Gasteiger partial charge in [0.25, 0.3) is 0 Å². The van der Waals surface area contributed by atoms with Crippen LogP contribution in [0.1, 0.15) is 40.0 Å². The Morgan fingerprint density at radius 1 is 1.45 bits per heavy atom. The average molecular weight is 297 g/mol. The number of terminal acetylenes is 1. The van der Waals surface area contributed by atoms with Crippen LogP contribution < -0.4 is 0 Å². The smallest absolute Gasteiger partial charge is 0.330 e. The number of carbonyl (C=O) groups is 2. The molecule has 0 aromatic carbocycles. The minimum absolute atomic E-state index is 0.00332. The average Bonchev–Trinajstić information content (AvgIpc) is 2.37. The van der Waals surface area contributed by atoms with Gasteiger partial charge in [0.2, 0.25) is 5.91 Å². The maximum Gasteiger partial charge on any atom is 0.330 e. The summed E-state index contributed by atoms with van der Waals surface area (Å²) in [6.07, 6.45) is 6.84. The number of unbranched alkanes of at least 4 members (excludes halogenated alkanes) is 1. The molecule has 1 fully saturated rings. The summed E-state index contributed by atoms with van der Waals surface area (Å²) in [4.78, 5) is 26.0. The number of amides is 1. The second-order valence-corrected chi connectivity index (χ2v) is 6.92. The summed E-state index contributed by atoms with van der Waals surface area (Å²) >= 11 is 1.68. The monoisotopic (exact) mass is 297 g/mol. The van der Waals surface area contributed by atoms with E-state index in [0.717, 1.165) is 5.75 Å². The van der Waals surface area contributed by atoms with Crippen molar-refractivity contribution in [3.8, 4) is 12.3 Å². The molecular formula is C15H23NO3S. The van der Waals surface area contributed by atoms with Crippen molar-refractivity contribution < 1.29 is 14.3 Å². The van der Waals surface area contributed by atoms with Gasteiger partial charge in [-0.2, -0.15) is 11.8 Å². The zero-order chi connectivity index (χ0) is 15.2. The van der Waals surface area contributed by atoms with Gasteiger partial charge in [-0.25, -0.2) is 4.79 Å². The van der Waals surface area contributed by atoms with E-state index in [1.54, 1.807) is 16.7 Å². The number of ether oxygens (including phenoxy) is 1. The molecule has 1 saturated heterocycles. The van der Waals surface area contributed by atoms with Crippen LogP contribution in [0.4, 0.5) is 0 Å². The van der Waals surface area contributed by atoms with E-state index in [9.17, 15) is 9.59 Å². The van der Waals surface area contributed by atoms with Gasteiger partial charge >= 0.3 is 5.97 Å². The van der Waals surface area contributed by atoms with Crippen LogP contribution >= 0.6 is 11.8 Å². The van der Waals surface area contributed by atoms with Crippen molar-refractivity contribution in [2.75, 3.05) is 18.1 Å². The van der Waals surface area contributed by atoms with Gasteiger partial charge in [0.05, 0.1) is 0 Å². The highest BCUT2D eigenvalue weighted by atomic mass is 32.2. The normalized spacial score (nSPS) is 19.3. The van der Waals surface area contributed by atoms with E-state index in [-0.39, 0.29) is 11.9 Å². The fraction of sp³-hybridized carbons (Fsp3) is 0.733. The van der Waals surface area contributed by atoms with Crippen molar-refractivity contribution in [2.24, 2.45) is 0 Å². The zero-order valence-electron chi connectivity index (χ0n) is 12.5. The lowest BCUT2D eigenvalue weighted by molar-refractivity contribution is -0.163. The standard InChI is InChI=1S/C15H23NO3S/c1-5-6-7-8-13(17)16-9-10-20-11-12(16)14(18)19-15(2,3)4/h1,12H,6-11H2,2-4H3/t12-/m0/s1. The highest BCUT2D eigenvalue weighted by Gasteiger charge is 2.35. The van der Waals surface area contributed by atoms with Crippen molar-refractivity contribution in [3.63, 3.8) is 0 Å². The van der Waals surface area contributed by atoms with Gasteiger partial charge in [0.1, 0.15) is 11.6 Å². The van der Waals surface area contributed by atoms with Crippen molar-refractivity contribution in [1.82, 2.24) is 4.90 Å². The Balaban J connectivity index is 2.64. The molecule has 1 heterocycles. The third kappa shape index (κ3) is 5.46. The predicted octanol–water partition coefficient (Wildman–Crippen LogP) is 2.08. The first-order chi connectivity index (χ1) is 9.35. The summed E-state index contributed by atoms with van der Waals surface area (Å²) in [7, 11) is 0. The topological polar surface area (TPSA) is 46.6 Å². The Morgan fingerprint density at radius 3 is 2.75 bits per heavy atom. The number of esters is 1. The molecule has 1 atom stereocenters. The van der Waals surface area contributed by atoms with Crippen LogP contribution in [0, 0.1) is 12.3 Å². The molecule has 0 unspecified atom stereocenters. The van der Waals surface area contributed by atoms with Gasteiger partial charge in [-0.1, -0.05) is 0 Å². The lowest BCUT2D eigenvalue weighted by Crippen LogP contribution is -2.52. The minimum atomic E-state index is -0.530. The van der Waals surface area contributed by atoms with Gasteiger partial charge in [0, 0.05) is 30.9 Å². The van der Waals surface area contributed by atoms with E-state index < -0.39 is 11.6 Å².